The molecule has 5 aliphatic rings. The maximum Gasteiger partial charge on any atom is 0.239 e. The molecule has 7 unspecified atom stereocenters. The minimum atomic E-state index is -1.25. The summed E-state index contributed by atoms with van der Waals surface area (Å²) in [6.07, 6.45) is 13.4. The van der Waals surface area contributed by atoms with Crippen LogP contribution in [0, 0.1) is 23.7 Å². The Balaban J connectivity index is 1.53. The fraction of sp³-hybridized carbons (Fsp3) is 0.676. The number of allylic oxidation sites excluding steroid dienone is 1. The number of ether oxygens (including phenoxy) is 3. The number of phenols is 1. The number of hydrogen-bond donors (Lipinski definition) is 3. The van der Waals surface area contributed by atoms with E-state index in [0.29, 0.717) is 31.6 Å². The minimum absolute atomic E-state index is 0.00205. The third-order valence-corrected chi connectivity index (χ3v) is 10.8. The molecule has 1 aromatic carbocycles. The van der Waals surface area contributed by atoms with Crippen LogP contribution in [0.1, 0.15) is 88.5 Å². The van der Waals surface area contributed by atoms with Gasteiger partial charge in [0, 0.05) is 50.5 Å². The topological polar surface area (TPSA) is 130 Å². The highest BCUT2D eigenvalue weighted by Gasteiger charge is 2.65. The second-order valence-electron chi connectivity index (χ2n) is 13.9. The highest BCUT2D eigenvalue weighted by Crippen LogP contribution is 2.62. The van der Waals surface area contributed by atoms with Gasteiger partial charge in [-0.3, -0.25) is 4.79 Å². The summed E-state index contributed by atoms with van der Waals surface area (Å²) in [5, 5.41) is 35.0. The van der Waals surface area contributed by atoms with Crippen molar-refractivity contribution >= 4 is 11.6 Å². The number of amides is 1. The lowest BCUT2D eigenvalue weighted by Crippen LogP contribution is -2.69. The van der Waals surface area contributed by atoms with E-state index in [2.05, 4.69) is 12.7 Å². The molecule has 10 heteroatoms. The molecule has 3 aliphatic carbocycles. The molecule has 47 heavy (non-hydrogen) atoms. The molecule has 258 valence electrons. The average molecular weight is 653 g/mol. The molecule has 7 atom stereocenters. The first-order valence-corrected chi connectivity index (χ1v) is 17.7. The number of carbonyl (C=O) groups excluding carboxylic acids is 1. The van der Waals surface area contributed by atoms with Gasteiger partial charge in [-0.15, -0.1) is 6.58 Å². The van der Waals surface area contributed by atoms with Crippen LogP contribution in [0.25, 0.3) is 0 Å². The fourth-order valence-corrected chi connectivity index (χ4v) is 8.43. The molecular weight excluding hydrogens is 600 g/mol. The van der Waals surface area contributed by atoms with Crippen molar-refractivity contribution in [3.05, 3.63) is 48.1 Å². The summed E-state index contributed by atoms with van der Waals surface area (Å²) in [6.45, 7) is 5.08. The number of nitrogens with zero attached hydrogens (tertiary/aromatic N) is 2. The Labute approximate surface area is 278 Å². The van der Waals surface area contributed by atoms with Crippen molar-refractivity contribution in [2.24, 2.45) is 28.8 Å². The summed E-state index contributed by atoms with van der Waals surface area (Å²) in [5.74, 6) is -0.623. The zero-order chi connectivity index (χ0) is 33.0. The molecule has 10 nitrogen and oxygen atoms in total. The molecule has 3 N–H and O–H groups in total. The van der Waals surface area contributed by atoms with Gasteiger partial charge in [0.15, 0.2) is 0 Å². The molecule has 1 amide bonds. The summed E-state index contributed by atoms with van der Waals surface area (Å²) in [4.78, 5) is 21.7. The molecule has 1 saturated heterocycles. The third-order valence-electron chi connectivity index (χ3n) is 10.8. The minimum Gasteiger partial charge on any atom is -0.508 e. The molecule has 1 aromatic rings. The van der Waals surface area contributed by atoms with E-state index in [4.69, 9.17) is 24.2 Å². The zero-order valence-corrected chi connectivity index (χ0v) is 27.7. The normalized spacial score (nSPS) is 32.1. The van der Waals surface area contributed by atoms with Crippen LogP contribution in [-0.2, 0) is 19.1 Å². The molecule has 2 saturated carbocycles. The molecule has 0 aromatic heterocycles. The van der Waals surface area contributed by atoms with Gasteiger partial charge in [-0.05, 0) is 87.0 Å². The number of carbonyl (C=O) groups is 1. The van der Waals surface area contributed by atoms with Crippen molar-refractivity contribution in [2.45, 2.75) is 101 Å². The van der Waals surface area contributed by atoms with E-state index in [0.717, 1.165) is 74.6 Å². The van der Waals surface area contributed by atoms with Crippen molar-refractivity contribution in [1.82, 2.24) is 4.90 Å². The van der Waals surface area contributed by atoms with Crippen LogP contribution in [-0.4, -0.2) is 83.4 Å². The first-order chi connectivity index (χ1) is 22.9. The first-order valence-electron chi connectivity index (χ1n) is 17.7. The molecule has 0 spiro atoms. The van der Waals surface area contributed by atoms with Crippen LogP contribution in [0.15, 0.2) is 47.7 Å². The second kappa shape index (κ2) is 15.1. The van der Waals surface area contributed by atoms with Crippen molar-refractivity contribution in [1.29, 1.82) is 0 Å². The number of aromatic hydroxyl groups is 1. The Morgan fingerprint density at radius 2 is 1.91 bits per heavy atom. The Bertz CT molecular complexity index is 1320. The lowest BCUT2D eigenvalue weighted by molar-refractivity contribution is -0.256. The second-order valence-corrected chi connectivity index (χ2v) is 13.9. The number of phenolic OH excluding ortho intramolecular Hbond substituents is 1. The highest BCUT2D eigenvalue weighted by molar-refractivity contribution is 6.03. The molecule has 0 bridgehead atoms. The van der Waals surface area contributed by atoms with Crippen molar-refractivity contribution in [3.63, 3.8) is 0 Å². The molecule has 2 heterocycles. The number of fused-ring (bicyclic) bond motifs is 2. The summed E-state index contributed by atoms with van der Waals surface area (Å²) in [7, 11) is 1.85. The molecule has 6 rings (SSSR count). The lowest BCUT2D eigenvalue weighted by atomic mass is 9.55. The van der Waals surface area contributed by atoms with Crippen molar-refractivity contribution in [3.8, 4) is 11.5 Å². The average Bonchev–Trinajstić information content (AvgIpc) is 3.94. The van der Waals surface area contributed by atoms with E-state index >= 15 is 0 Å². The Morgan fingerprint density at radius 3 is 2.62 bits per heavy atom. The lowest BCUT2D eigenvalue weighted by Gasteiger charge is -2.59. The molecule has 3 fully saturated rings. The number of rotatable bonds is 15. The maximum atomic E-state index is 13.8. The number of likely N-dealkylation sites (N-methyl/N-ethyl adjacent to an activating group) is 1. The molecule has 2 aliphatic heterocycles. The zero-order valence-electron chi connectivity index (χ0n) is 27.7. The molecule has 0 radical (unpaired) electrons. The number of benzene rings is 1. The van der Waals surface area contributed by atoms with E-state index in [1.54, 1.807) is 12.1 Å². The maximum absolute atomic E-state index is 13.8. The van der Waals surface area contributed by atoms with E-state index in [9.17, 15) is 20.1 Å². The summed E-state index contributed by atoms with van der Waals surface area (Å²) < 4.78 is 19.8. The van der Waals surface area contributed by atoms with Gasteiger partial charge in [-0.2, -0.15) is 0 Å². The summed E-state index contributed by atoms with van der Waals surface area (Å²) in [6, 6.07) is 4.76. The van der Waals surface area contributed by atoms with E-state index in [1.807, 2.05) is 24.1 Å². The van der Waals surface area contributed by atoms with E-state index in [1.165, 1.54) is 0 Å². The van der Waals surface area contributed by atoms with Crippen LogP contribution in [0.2, 0.25) is 0 Å². The van der Waals surface area contributed by atoms with Gasteiger partial charge in [0.25, 0.3) is 0 Å². The fourth-order valence-electron chi connectivity index (χ4n) is 8.43. The van der Waals surface area contributed by atoms with Gasteiger partial charge < -0.3 is 39.3 Å². The van der Waals surface area contributed by atoms with Crippen molar-refractivity contribution < 1.29 is 39.2 Å². The van der Waals surface area contributed by atoms with Gasteiger partial charge in [-0.25, -0.2) is 0 Å². The van der Waals surface area contributed by atoms with E-state index in [-0.39, 0.29) is 61.1 Å². The predicted molar refractivity (Wildman–Crippen MR) is 177 cm³/mol. The van der Waals surface area contributed by atoms with Gasteiger partial charge >= 0.3 is 0 Å². The number of oxime groups is 1. The van der Waals surface area contributed by atoms with Crippen LogP contribution < -0.4 is 4.74 Å². The van der Waals surface area contributed by atoms with Gasteiger partial charge in [0.2, 0.25) is 18.0 Å². The largest absolute Gasteiger partial charge is 0.508 e. The van der Waals surface area contributed by atoms with Crippen LogP contribution in [0.4, 0.5) is 0 Å². The number of aliphatic hydroxyl groups excluding tert-OH is 2. The van der Waals surface area contributed by atoms with Crippen LogP contribution in [0.3, 0.4) is 0 Å². The van der Waals surface area contributed by atoms with Gasteiger partial charge in [0.05, 0.1) is 24.8 Å². The van der Waals surface area contributed by atoms with Gasteiger partial charge in [-0.1, -0.05) is 30.1 Å². The Hall–Kier alpha value is -2.92. The Kier molecular flexibility index (Phi) is 10.9. The number of aliphatic hydroxyl groups is 2. The summed E-state index contributed by atoms with van der Waals surface area (Å²) >= 11 is 0. The Morgan fingerprint density at radius 1 is 1.13 bits per heavy atom. The smallest absolute Gasteiger partial charge is 0.239 e. The highest BCUT2D eigenvalue weighted by atomic mass is 16.8. The quantitative estimate of drug-likeness (QED) is 0.130. The number of hydrogen-bond acceptors (Lipinski definition) is 9. The standard InChI is InChI=1S/C37H52N2O8/c1-3-19-45-37-32(39(2)36(43)24-13-14-24)23-30(38-47-33-12-6-9-20-44-33)28-21-25(10-4-7-17-40)27(11-5-8-18-41)34(35(28)37)29-22-26(42)15-16-31(29)46-37/h3,15-16,21-22,24-25,27,32-35,40-42H,1,4-14,17-20,23H2,2H3. The van der Waals surface area contributed by atoms with Crippen LogP contribution in [0.5, 0.6) is 11.5 Å². The van der Waals surface area contributed by atoms with E-state index < -0.39 is 18.1 Å². The summed E-state index contributed by atoms with van der Waals surface area (Å²) in [5.41, 5.74) is 2.66. The third kappa shape index (κ3) is 6.98. The monoisotopic (exact) mass is 652 g/mol. The predicted octanol–water partition coefficient (Wildman–Crippen LogP) is 5.42. The number of unbranched alkanes of at least 4 members (excludes halogenated alkanes) is 2. The SMILES string of the molecule is C=CCOC12Oc3ccc(O)cc3C3C(CCCCO)C(CCCCO)C=C(C(=NOC4CCCCO4)CC1N(C)C(=O)C1CC1)C32. The van der Waals surface area contributed by atoms with Crippen LogP contribution >= 0.6 is 0 Å². The first kappa shape index (κ1) is 34.0. The van der Waals surface area contributed by atoms with Crippen molar-refractivity contribution in [2.75, 3.05) is 33.5 Å². The van der Waals surface area contributed by atoms with Gasteiger partial charge in [0.1, 0.15) is 17.5 Å². The molecular formula is C37H52N2O8.